The van der Waals surface area contributed by atoms with Crippen molar-refractivity contribution >= 4 is 5.97 Å². The molecule has 1 aromatic carbocycles. The maximum absolute atomic E-state index is 10.9. The summed E-state index contributed by atoms with van der Waals surface area (Å²) in [5, 5.41) is 27.7. The van der Waals surface area contributed by atoms with E-state index in [-0.39, 0.29) is 17.4 Å². The maximum atomic E-state index is 10.9. The van der Waals surface area contributed by atoms with E-state index >= 15 is 0 Å². The summed E-state index contributed by atoms with van der Waals surface area (Å²) in [6.45, 7) is 3.45. The summed E-state index contributed by atoms with van der Waals surface area (Å²) >= 11 is 0. The van der Waals surface area contributed by atoms with Crippen LogP contribution in [0.5, 0.6) is 11.5 Å². The van der Waals surface area contributed by atoms with Gasteiger partial charge in [-0.25, -0.2) is 0 Å². The molecule has 106 valence electrons. The highest BCUT2D eigenvalue weighted by molar-refractivity contribution is 5.77. The largest absolute Gasteiger partial charge is 0.508 e. The summed E-state index contributed by atoms with van der Waals surface area (Å²) in [6, 6.07) is 4.45. The predicted molar refractivity (Wildman–Crippen MR) is 72.1 cm³/mol. The summed E-state index contributed by atoms with van der Waals surface area (Å²) in [5.41, 5.74) is 5.29. The van der Waals surface area contributed by atoms with Crippen LogP contribution < -0.4 is 5.73 Å². The molecule has 0 saturated heterocycles. The molecule has 19 heavy (non-hydrogen) atoms. The van der Waals surface area contributed by atoms with Gasteiger partial charge in [-0.3, -0.25) is 4.79 Å². The van der Waals surface area contributed by atoms with Crippen molar-refractivity contribution in [2.45, 2.75) is 38.6 Å². The molecule has 0 aliphatic heterocycles. The summed E-state index contributed by atoms with van der Waals surface area (Å²) in [4.78, 5) is 10.9. The lowest BCUT2D eigenvalue weighted by Crippen LogP contribution is -2.46. The molecule has 0 aromatic heterocycles. The third-order valence-electron chi connectivity index (χ3n) is 3.15. The Kier molecular flexibility index (Phi) is 4.78. The molecule has 0 heterocycles. The van der Waals surface area contributed by atoms with Crippen LogP contribution in [0.1, 0.15) is 32.3 Å². The van der Waals surface area contributed by atoms with E-state index in [4.69, 9.17) is 10.8 Å². The molecule has 5 N–H and O–H groups in total. The van der Waals surface area contributed by atoms with Crippen molar-refractivity contribution in [3.05, 3.63) is 23.8 Å². The van der Waals surface area contributed by atoms with Crippen molar-refractivity contribution in [3.8, 4) is 11.5 Å². The minimum Gasteiger partial charge on any atom is -0.508 e. The molecular weight excluding hydrogens is 246 g/mol. The monoisotopic (exact) mass is 267 g/mol. The summed E-state index contributed by atoms with van der Waals surface area (Å²) in [6.07, 6.45) is 1.77. The van der Waals surface area contributed by atoms with Crippen LogP contribution in [-0.4, -0.2) is 26.8 Å². The van der Waals surface area contributed by atoms with Crippen LogP contribution >= 0.6 is 0 Å². The van der Waals surface area contributed by atoms with Crippen molar-refractivity contribution in [1.29, 1.82) is 0 Å². The Morgan fingerprint density at radius 1 is 1.32 bits per heavy atom. The molecule has 0 radical (unpaired) electrons. The molecule has 0 saturated carbocycles. The normalized spacial score (nSPS) is 15.7. The first kappa shape index (κ1) is 15.3. The maximum Gasteiger partial charge on any atom is 0.323 e. The third-order valence-corrected chi connectivity index (χ3v) is 3.15. The van der Waals surface area contributed by atoms with Crippen molar-refractivity contribution in [2.75, 3.05) is 0 Å². The predicted octanol–water partition coefficient (Wildman–Crippen LogP) is 1.86. The quantitative estimate of drug-likeness (QED) is 0.630. The van der Waals surface area contributed by atoms with Gasteiger partial charge in [-0.05, 0) is 49.8 Å². The van der Waals surface area contributed by atoms with E-state index in [1.165, 1.54) is 13.0 Å². The molecular formula is C14H21NO4. The average Bonchev–Trinajstić information content (AvgIpc) is 2.24. The van der Waals surface area contributed by atoms with Gasteiger partial charge in [0, 0.05) is 6.07 Å². The first-order chi connectivity index (χ1) is 8.70. The van der Waals surface area contributed by atoms with Crippen molar-refractivity contribution in [3.63, 3.8) is 0 Å². The van der Waals surface area contributed by atoms with Crippen molar-refractivity contribution in [1.82, 2.24) is 0 Å². The van der Waals surface area contributed by atoms with Crippen molar-refractivity contribution < 1.29 is 20.1 Å². The fraction of sp³-hybridized carbons (Fsp3) is 0.500. The number of hydrogen-bond donors (Lipinski definition) is 4. The first-order valence-electron chi connectivity index (χ1n) is 6.25. The second-order valence-corrected chi connectivity index (χ2v) is 5.43. The molecule has 5 heteroatoms. The molecule has 0 spiro atoms. The molecule has 0 fully saturated rings. The number of nitrogens with two attached hydrogens (primary N) is 1. The van der Waals surface area contributed by atoms with Crippen LogP contribution in [0.2, 0.25) is 0 Å². The number of carbonyl (C=O) groups is 1. The van der Waals surface area contributed by atoms with Crippen LogP contribution in [0.15, 0.2) is 18.2 Å². The summed E-state index contributed by atoms with van der Waals surface area (Å²) in [7, 11) is 0. The summed E-state index contributed by atoms with van der Waals surface area (Å²) in [5.74, 6) is -0.821. The number of aryl methyl sites for hydroxylation is 1. The van der Waals surface area contributed by atoms with E-state index in [0.29, 0.717) is 12.8 Å². The number of hydrogen-bond acceptors (Lipinski definition) is 4. The number of aliphatic carboxylic acids is 1. The highest BCUT2D eigenvalue weighted by Crippen LogP contribution is 2.24. The van der Waals surface area contributed by atoms with Gasteiger partial charge in [0.2, 0.25) is 0 Å². The first-order valence-corrected chi connectivity index (χ1v) is 6.25. The van der Waals surface area contributed by atoms with Gasteiger partial charge in [0.15, 0.2) is 0 Å². The number of aromatic hydroxyl groups is 2. The van der Waals surface area contributed by atoms with E-state index in [1.807, 2.05) is 6.92 Å². The number of phenols is 2. The number of phenolic OH excluding ortho intramolecular Hbond substituents is 2. The molecule has 0 aliphatic carbocycles. The molecule has 2 atom stereocenters. The smallest absolute Gasteiger partial charge is 0.323 e. The molecule has 0 aliphatic rings. The topological polar surface area (TPSA) is 104 Å². The minimum absolute atomic E-state index is 0.0249. The van der Waals surface area contributed by atoms with Gasteiger partial charge in [-0.15, -0.1) is 0 Å². The Labute approximate surface area is 112 Å². The molecule has 2 unspecified atom stereocenters. The molecule has 0 amide bonds. The zero-order valence-corrected chi connectivity index (χ0v) is 11.3. The minimum atomic E-state index is -1.22. The second kappa shape index (κ2) is 5.93. The van der Waals surface area contributed by atoms with Crippen LogP contribution in [-0.2, 0) is 11.2 Å². The Bertz CT molecular complexity index is 437. The number of rotatable bonds is 6. The number of carboxylic acids is 1. The average molecular weight is 267 g/mol. The van der Waals surface area contributed by atoms with Crippen LogP contribution in [0.3, 0.4) is 0 Å². The SMILES string of the molecule is CC(CCc1cc(O)cc(O)c1)CC(C)(N)C(=O)O. The molecule has 1 aromatic rings. The van der Waals surface area contributed by atoms with Crippen LogP contribution in [0.4, 0.5) is 0 Å². The fourth-order valence-corrected chi connectivity index (χ4v) is 2.13. The lowest BCUT2D eigenvalue weighted by molar-refractivity contribution is -0.143. The van der Waals surface area contributed by atoms with Crippen LogP contribution in [0.25, 0.3) is 0 Å². The van der Waals surface area contributed by atoms with E-state index in [0.717, 1.165) is 12.0 Å². The van der Waals surface area contributed by atoms with E-state index in [9.17, 15) is 15.0 Å². The Morgan fingerprint density at radius 2 is 1.84 bits per heavy atom. The van der Waals surface area contributed by atoms with Gasteiger partial charge < -0.3 is 21.1 Å². The lowest BCUT2D eigenvalue weighted by atomic mass is 9.87. The molecule has 1 rings (SSSR count). The van der Waals surface area contributed by atoms with E-state index < -0.39 is 11.5 Å². The number of benzene rings is 1. The highest BCUT2D eigenvalue weighted by Gasteiger charge is 2.29. The standard InChI is InChI=1S/C14H21NO4/c1-9(8-14(2,15)13(18)19)3-4-10-5-11(16)7-12(17)6-10/h5-7,9,16-17H,3-4,8,15H2,1-2H3,(H,18,19). The van der Waals surface area contributed by atoms with Gasteiger partial charge in [0.1, 0.15) is 17.0 Å². The molecule has 5 nitrogen and oxygen atoms in total. The molecule has 0 bridgehead atoms. The van der Waals surface area contributed by atoms with E-state index in [2.05, 4.69) is 0 Å². The van der Waals surface area contributed by atoms with Crippen molar-refractivity contribution in [2.24, 2.45) is 11.7 Å². The summed E-state index contributed by atoms with van der Waals surface area (Å²) < 4.78 is 0. The van der Waals surface area contributed by atoms with Gasteiger partial charge in [-0.1, -0.05) is 6.92 Å². The fourth-order valence-electron chi connectivity index (χ4n) is 2.13. The van der Waals surface area contributed by atoms with Gasteiger partial charge in [-0.2, -0.15) is 0 Å². The van der Waals surface area contributed by atoms with Gasteiger partial charge in [0.25, 0.3) is 0 Å². The van der Waals surface area contributed by atoms with E-state index in [1.54, 1.807) is 12.1 Å². The Morgan fingerprint density at radius 3 is 2.32 bits per heavy atom. The van der Waals surface area contributed by atoms with Crippen LogP contribution in [0, 0.1) is 5.92 Å². The van der Waals surface area contributed by atoms with Gasteiger partial charge >= 0.3 is 5.97 Å². The Hall–Kier alpha value is -1.75. The zero-order chi connectivity index (χ0) is 14.6. The Balaban J connectivity index is 2.55. The number of carboxylic acid groups (broad SMARTS) is 1. The lowest BCUT2D eigenvalue weighted by Gasteiger charge is -2.23. The van der Waals surface area contributed by atoms with Gasteiger partial charge in [0.05, 0.1) is 0 Å². The second-order valence-electron chi connectivity index (χ2n) is 5.43. The highest BCUT2D eigenvalue weighted by atomic mass is 16.4. The zero-order valence-electron chi connectivity index (χ0n) is 11.3. The third kappa shape index (κ3) is 4.79.